The summed E-state index contributed by atoms with van der Waals surface area (Å²) in [5.74, 6) is 0. The fraction of sp³-hybridized carbons (Fsp3) is 0.0196. The van der Waals surface area contributed by atoms with E-state index in [0.29, 0.717) is 0 Å². The average molecular weight is 707 g/mol. The molecule has 11 rings (SSSR count). The van der Waals surface area contributed by atoms with Gasteiger partial charge in [0, 0.05) is 43.7 Å². The molecule has 54 heavy (non-hydrogen) atoms. The van der Waals surface area contributed by atoms with Gasteiger partial charge in [0.25, 0.3) is 0 Å². The number of benzene rings is 8. The number of fused-ring (bicyclic) bond motifs is 12. The van der Waals surface area contributed by atoms with E-state index in [1.165, 1.54) is 53.9 Å². The Hall–Kier alpha value is -6.68. The van der Waals surface area contributed by atoms with Crippen LogP contribution in [0.15, 0.2) is 206 Å². The number of thiophene rings is 1. The summed E-state index contributed by atoms with van der Waals surface area (Å²) in [5.41, 5.74) is 15.7. The minimum atomic E-state index is -0.456. The van der Waals surface area contributed by atoms with Crippen molar-refractivity contribution in [1.82, 2.24) is 0 Å². The molecule has 1 atom stereocenters. The smallest absolute Gasteiger partial charge is 0.0740 e. The van der Waals surface area contributed by atoms with E-state index in [0.717, 1.165) is 34.1 Å². The quantitative estimate of drug-likeness (QED) is 0.170. The molecule has 1 heterocycles. The van der Waals surface area contributed by atoms with Crippen LogP contribution in [0.5, 0.6) is 0 Å². The maximum absolute atomic E-state index is 2.44. The van der Waals surface area contributed by atoms with Gasteiger partial charge in [-0.3, -0.25) is 0 Å². The van der Waals surface area contributed by atoms with E-state index < -0.39 is 5.41 Å². The lowest BCUT2D eigenvalue weighted by atomic mass is 9.70. The second kappa shape index (κ2) is 12.2. The first-order chi connectivity index (χ1) is 26.8. The number of hydrogen-bond donors (Lipinski definition) is 0. The monoisotopic (exact) mass is 706 g/mol. The largest absolute Gasteiger partial charge is 0.310 e. The Labute approximate surface area is 319 Å². The van der Waals surface area contributed by atoms with Crippen LogP contribution >= 0.6 is 11.3 Å². The van der Waals surface area contributed by atoms with Gasteiger partial charge in [-0.25, -0.2) is 0 Å². The van der Waals surface area contributed by atoms with Crippen LogP contribution in [-0.2, 0) is 5.41 Å². The maximum Gasteiger partial charge on any atom is 0.0740 e. The highest BCUT2D eigenvalue weighted by molar-refractivity contribution is 7.22. The molecular formula is C51H34N2S. The molecule has 1 aromatic heterocycles. The van der Waals surface area contributed by atoms with Crippen molar-refractivity contribution < 1.29 is 0 Å². The standard InChI is InChI=1S/C51H34N2S/c1-5-17-35(18-6-1)52(36-19-7-2-8-20-36)39-29-31-46-43(33-39)41-25-13-15-27-45(41)51(46)47-32-30-40(34-44(47)50-49(51)42-26-14-16-28-48(42)54-50)53(37-21-9-3-10-22-37)38-23-11-4-12-24-38/h1-34H. The zero-order chi connectivity index (χ0) is 35.6. The van der Waals surface area contributed by atoms with Crippen molar-refractivity contribution >= 4 is 55.5 Å². The van der Waals surface area contributed by atoms with E-state index in [4.69, 9.17) is 0 Å². The fourth-order valence-electron chi connectivity index (χ4n) is 9.10. The summed E-state index contributed by atoms with van der Waals surface area (Å²) < 4.78 is 1.32. The molecule has 0 saturated heterocycles. The van der Waals surface area contributed by atoms with E-state index in [1.807, 2.05) is 11.3 Å². The first-order valence-corrected chi connectivity index (χ1v) is 19.3. The van der Waals surface area contributed by atoms with Gasteiger partial charge in [0.15, 0.2) is 0 Å². The lowest BCUT2D eigenvalue weighted by molar-refractivity contribution is 0.802. The molecule has 0 radical (unpaired) electrons. The van der Waals surface area contributed by atoms with Crippen molar-refractivity contribution in [1.29, 1.82) is 0 Å². The zero-order valence-electron chi connectivity index (χ0n) is 29.4. The third-order valence-electron chi connectivity index (χ3n) is 11.2. The van der Waals surface area contributed by atoms with Crippen molar-refractivity contribution in [2.75, 3.05) is 9.80 Å². The first-order valence-electron chi connectivity index (χ1n) is 18.5. The molecule has 0 fully saturated rings. The molecule has 1 spiro atoms. The molecule has 3 heteroatoms. The molecule has 0 amide bonds. The minimum absolute atomic E-state index is 0.456. The number of rotatable bonds is 6. The van der Waals surface area contributed by atoms with Crippen molar-refractivity contribution in [3.63, 3.8) is 0 Å². The van der Waals surface area contributed by atoms with Gasteiger partial charge in [0.1, 0.15) is 0 Å². The van der Waals surface area contributed by atoms with Crippen LogP contribution in [0, 0.1) is 0 Å². The highest BCUT2D eigenvalue weighted by Gasteiger charge is 2.53. The van der Waals surface area contributed by atoms with Gasteiger partial charge in [-0.2, -0.15) is 0 Å². The average Bonchev–Trinajstić information content (AvgIpc) is 3.86. The first kappa shape index (κ1) is 30.9. The molecule has 2 aliphatic rings. The van der Waals surface area contributed by atoms with E-state index in [1.54, 1.807) is 0 Å². The Balaban J connectivity index is 1.18. The summed E-state index contributed by atoms with van der Waals surface area (Å²) in [7, 11) is 0. The van der Waals surface area contributed by atoms with Crippen molar-refractivity contribution in [2.24, 2.45) is 0 Å². The maximum atomic E-state index is 2.44. The Morgan fingerprint density at radius 1 is 0.333 bits per heavy atom. The van der Waals surface area contributed by atoms with Gasteiger partial charge in [-0.15, -0.1) is 11.3 Å². The summed E-state index contributed by atoms with van der Waals surface area (Å²) >= 11 is 1.93. The highest BCUT2D eigenvalue weighted by atomic mass is 32.1. The number of nitrogens with zero attached hydrogens (tertiary/aromatic N) is 2. The lowest BCUT2D eigenvalue weighted by Gasteiger charge is -2.32. The van der Waals surface area contributed by atoms with Gasteiger partial charge in [0.05, 0.1) is 5.41 Å². The van der Waals surface area contributed by atoms with E-state index in [9.17, 15) is 0 Å². The number of para-hydroxylation sites is 4. The Bertz CT molecular complexity index is 2750. The molecule has 254 valence electrons. The van der Waals surface area contributed by atoms with Crippen molar-refractivity contribution in [3.05, 3.63) is 229 Å². The molecule has 0 N–H and O–H groups in total. The highest BCUT2D eigenvalue weighted by Crippen LogP contribution is 2.66. The fourth-order valence-corrected chi connectivity index (χ4v) is 10.4. The normalized spacial score (nSPS) is 14.7. The molecular weight excluding hydrogens is 673 g/mol. The molecule has 0 bridgehead atoms. The Morgan fingerprint density at radius 3 is 1.31 bits per heavy atom. The summed E-state index contributed by atoms with van der Waals surface area (Å²) in [4.78, 5) is 6.11. The third kappa shape index (κ3) is 4.46. The lowest BCUT2D eigenvalue weighted by Crippen LogP contribution is -2.26. The van der Waals surface area contributed by atoms with Crippen LogP contribution in [0.3, 0.4) is 0 Å². The Morgan fingerprint density at radius 2 is 0.759 bits per heavy atom. The van der Waals surface area contributed by atoms with Crippen LogP contribution in [0.25, 0.3) is 31.7 Å². The van der Waals surface area contributed by atoms with Crippen LogP contribution < -0.4 is 9.80 Å². The third-order valence-corrected chi connectivity index (χ3v) is 12.4. The van der Waals surface area contributed by atoms with Gasteiger partial charge in [-0.05, 0) is 123 Å². The number of hydrogen-bond acceptors (Lipinski definition) is 3. The predicted molar refractivity (Wildman–Crippen MR) is 227 cm³/mol. The second-order valence-electron chi connectivity index (χ2n) is 14.1. The van der Waals surface area contributed by atoms with Gasteiger partial charge in [0.2, 0.25) is 0 Å². The number of anilines is 6. The molecule has 9 aromatic rings. The molecule has 2 aliphatic carbocycles. The molecule has 1 unspecified atom stereocenters. The molecule has 0 aliphatic heterocycles. The summed E-state index contributed by atoms with van der Waals surface area (Å²) in [6.45, 7) is 0. The van der Waals surface area contributed by atoms with E-state index in [-0.39, 0.29) is 0 Å². The summed E-state index contributed by atoms with van der Waals surface area (Å²) in [5, 5.41) is 1.33. The van der Waals surface area contributed by atoms with Crippen LogP contribution in [0.4, 0.5) is 34.1 Å². The van der Waals surface area contributed by atoms with E-state index in [2.05, 4.69) is 216 Å². The summed E-state index contributed by atoms with van der Waals surface area (Å²) in [6, 6.07) is 75.4. The van der Waals surface area contributed by atoms with Crippen LogP contribution in [-0.4, -0.2) is 0 Å². The van der Waals surface area contributed by atoms with E-state index >= 15 is 0 Å². The SMILES string of the molecule is c1ccc(N(c2ccccc2)c2ccc3c(c2)-c2ccccc2C32c3ccc(N(c4ccccc4)c4ccccc4)cc3-c3sc4ccccc4c32)cc1. The van der Waals surface area contributed by atoms with Crippen LogP contribution in [0.2, 0.25) is 0 Å². The van der Waals surface area contributed by atoms with Crippen molar-refractivity contribution in [3.8, 4) is 21.6 Å². The molecule has 8 aromatic carbocycles. The minimum Gasteiger partial charge on any atom is -0.310 e. The molecule has 2 nitrogen and oxygen atoms in total. The van der Waals surface area contributed by atoms with Gasteiger partial charge >= 0.3 is 0 Å². The zero-order valence-corrected chi connectivity index (χ0v) is 30.2. The van der Waals surface area contributed by atoms with Gasteiger partial charge in [-0.1, -0.05) is 127 Å². The van der Waals surface area contributed by atoms with Gasteiger partial charge < -0.3 is 9.80 Å². The summed E-state index contributed by atoms with van der Waals surface area (Å²) in [6.07, 6.45) is 0. The second-order valence-corrected chi connectivity index (χ2v) is 15.1. The topological polar surface area (TPSA) is 6.48 Å². The van der Waals surface area contributed by atoms with Crippen molar-refractivity contribution in [2.45, 2.75) is 5.41 Å². The Kier molecular flexibility index (Phi) is 6.98. The van der Waals surface area contributed by atoms with Crippen LogP contribution in [0.1, 0.15) is 22.3 Å². The molecule has 0 saturated carbocycles. The predicted octanol–water partition coefficient (Wildman–Crippen LogP) is 14.2.